The number of rotatable bonds is 2. The van der Waals surface area contributed by atoms with Crippen LogP contribution in [0.5, 0.6) is 0 Å². The maximum atomic E-state index is 12.8. The molecule has 3 rings (SSSR count). The summed E-state index contributed by atoms with van der Waals surface area (Å²) in [5, 5.41) is 10.4. The van der Waals surface area contributed by atoms with Crippen molar-refractivity contribution in [1.29, 1.82) is 0 Å². The SMILES string of the molecule is Cc1[nH]c2c(C(=O)N3CCC(C)(C(=O)O)C3)cccc2c1C. The molecule has 0 spiro atoms. The van der Waals surface area contributed by atoms with E-state index in [9.17, 15) is 14.7 Å². The maximum absolute atomic E-state index is 12.8. The number of nitrogens with one attached hydrogen (secondary N) is 1. The van der Waals surface area contributed by atoms with Gasteiger partial charge in [0.1, 0.15) is 0 Å². The molecule has 1 amide bonds. The van der Waals surface area contributed by atoms with Crippen molar-refractivity contribution in [3.05, 3.63) is 35.0 Å². The molecule has 1 fully saturated rings. The number of hydrogen-bond acceptors (Lipinski definition) is 2. The van der Waals surface area contributed by atoms with Crippen LogP contribution in [0.2, 0.25) is 0 Å². The molecule has 1 aromatic carbocycles. The molecule has 22 heavy (non-hydrogen) atoms. The van der Waals surface area contributed by atoms with Gasteiger partial charge in [-0.3, -0.25) is 9.59 Å². The average molecular weight is 300 g/mol. The van der Waals surface area contributed by atoms with Crippen LogP contribution in [0.4, 0.5) is 0 Å². The third-order valence-corrected chi connectivity index (χ3v) is 4.85. The van der Waals surface area contributed by atoms with Crippen molar-refractivity contribution in [3.63, 3.8) is 0 Å². The van der Waals surface area contributed by atoms with Crippen molar-refractivity contribution in [2.75, 3.05) is 13.1 Å². The second-order valence-corrected chi connectivity index (χ2v) is 6.45. The zero-order valence-electron chi connectivity index (χ0n) is 13.1. The fourth-order valence-corrected chi connectivity index (χ4v) is 3.14. The summed E-state index contributed by atoms with van der Waals surface area (Å²) in [6.07, 6.45) is 0.493. The van der Waals surface area contributed by atoms with E-state index in [-0.39, 0.29) is 12.5 Å². The van der Waals surface area contributed by atoms with Crippen LogP contribution in [0, 0.1) is 19.3 Å². The second-order valence-electron chi connectivity index (χ2n) is 6.45. The third-order valence-electron chi connectivity index (χ3n) is 4.85. The minimum absolute atomic E-state index is 0.100. The van der Waals surface area contributed by atoms with Gasteiger partial charge in [-0.2, -0.15) is 0 Å². The highest BCUT2D eigenvalue weighted by Crippen LogP contribution is 2.32. The van der Waals surface area contributed by atoms with Gasteiger partial charge in [0.15, 0.2) is 0 Å². The summed E-state index contributed by atoms with van der Waals surface area (Å²) in [6, 6.07) is 5.68. The molecule has 5 heteroatoms. The van der Waals surface area contributed by atoms with Crippen molar-refractivity contribution >= 4 is 22.8 Å². The number of carboxylic acids is 1. The highest BCUT2D eigenvalue weighted by atomic mass is 16.4. The smallest absolute Gasteiger partial charge is 0.311 e. The second kappa shape index (κ2) is 4.87. The number of amides is 1. The molecule has 2 heterocycles. The van der Waals surface area contributed by atoms with Gasteiger partial charge in [0, 0.05) is 24.2 Å². The molecule has 1 saturated heterocycles. The highest BCUT2D eigenvalue weighted by molar-refractivity contribution is 6.07. The number of aliphatic carboxylic acids is 1. The summed E-state index contributed by atoms with van der Waals surface area (Å²) in [4.78, 5) is 29.1. The van der Waals surface area contributed by atoms with Crippen molar-refractivity contribution < 1.29 is 14.7 Å². The van der Waals surface area contributed by atoms with E-state index in [2.05, 4.69) is 4.98 Å². The number of para-hydroxylation sites is 1. The van der Waals surface area contributed by atoms with Crippen LogP contribution in [-0.2, 0) is 4.79 Å². The molecule has 2 aromatic rings. The minimum atomic E-state index is -0.842. The zero-order chi connectivity index (χ0) is 16.1. The predicted octanol–water partition coefficient (Wildman–Crippen LogP) is 2.72. The molecule has 5 nitrogen and oxygen atoms in total. The summed E-state index contributed by atoms with van der Waals surface area (Å²) in [6.45, 7) is 6.46. The Labute approximate surface area is 128 Å². The summed E-state index contributed by atoms with van der Waals surface area (Å²) < 4.78 is 0. The Hall–Kier alpha value is -2.30. The van der Waals surface area contributed by atoms with Gasteiger partial charge < -0.3 is 15.0 Å². The van der Waals surface area contributed by atoms with Gasteiger partial charge in [0.2, 0.25) is 0 Å². The van der Waals surface area contributed by atoms with Crippen LogP contribution in [0.25, 0.3) is 10.9 Å². The van der Waals surface area contributed by atoms with Gasteiger partial charge in [-0.15, -0.1) is 0 Å². The fraction of sp³-hybridized carbons (Fsp3) is 0.412. The summed E-state index contributed by atoms with van der Waals surface area (Å²) in [5.41, 5.74) is 2.80. The lowest BCUT2D eigenvalue weighted by molar-refractivity contribution is -0.147. The number of H-pyrrole nitrogens is 1. The van der Waals surface area contributed by atoms with Crippen LogP contribution < -0.4 is 0 Å². The number of benzene rings is 1. The molecular weight excluding hydrogens is 280 g/mol. The average Bonchev–Trinajstić information content (AvgIpc) is 3.01. The first-order valence-corrected chi connectivity index (χ1v) is 7.44. The highest BCUT2D eigenvalue weighted by Gasteiger charge is 2.42. The number of aromatic nitrogens is 1. The number of hydrogen-bond donors (Lipinski definition) is 2. The van der Waals surface area contributed by atoms with Gasteiger partial charge >= 0.3 is 5.97 Å². The number of fused-ring (bicyclic) bond motifs is 1. The molecule has 0 bridgehead atoms. The summed E-state index contributed by atoms with van der Waals surface area (Å²) >= 11 is 0. The van der Waals surface area contributed by atoms with Crippen LogP contribution in [0.1, 0.15) is 35.0 Å². The van der Waals surface area contributed by atoms with E-state index in [4.69, 9.17) is 0 Å². The van der Waals surface area contributed by atoms with Gasteiger partial charge in [-0.05, 0) is 38.8 Å². The molecule has 1 unspecified atom stereocenters. The van der Waals surface area contributed by atoms with E-state index in [1.165, 1.54) is 0 Å². The first-order valence-electron chi connectivity index (χ1n) is 7.44. The Morgan fingerprint density at radius 1 is 1.32 bits per heavy atom. The Morgan fingerprint density at radius 3 is 2.68 bits per heavy atom. The van der Waals surface area contributed by atoms with Gasteiger partial charge in [0.05, 0.1) is 16.5 Å². The maximum Gasteiger partial charge on any atom is 0.311 e. The number of aromatic amines is 1. The monoisotopic (exact) mass is 300 g/mol. The van der Waals surface area contributed by atoms with Crippen molar-refractivity contribution in [3.8, 4) is 0 Å². The van der Waals surface area contributed by atoms with Crippen LogP contribution in [-0.4, -0.2) is 40.0 Å². The Bertz CT molecular complexity index is 778. The standard InChI is InChI=1S/C17H20N2O3/c1-10-11(2)18-14-12(10)5-4-6-13(14)15(20)19-8-7-17(3,9-19)16(21)22/h4-6,18H,7-9H2,1-3H3,(H,21,22). The largest absolute Gasteiger partial charge is 0.481 e. The Morgan fingerprint density at radius 2 is 2.05 bits per heavy atom. The van der Waals surface area contributed by atoms with Crippen LogP contribution in [0.15, 0.2) is 18.2 Å². The molecular formula is C17H20N2O3. The molecule has 0 aliphatic carbocycles. The molecule has 1 atom stereocenters. The van der Waals surface area contributed by atoms with E-state index in [0.717, 1.165) is 22.2 Å². The minimum Gasteiger partial charge on any atom is -0.481 e. The van der Waals surface area contributed by atoms with Crippen LogP contribution in [0.3, 0.4) is 0 Å². The first kappa shape index (κ1) is 14.6. The fourth-order valence-electron chi connectivity index (χ4n) is 3.14. The van der Waals surface area contributed by atoms with E-state index in [1.54, 1.807) is 17.9 Å². The number of carbonyl (C=O) groups is 2. The number of aryl methyl sites for hydroxylation is 2. The Balaban J connectivity index is 1.97. The number of nitrogens with zero attached hydrogens (tertiary/aromatic N) is 1. The lowest BCUT2D eigenvalue weighted by atomic mass is 9.90. The summed E-state index contributed by atoms with van der Waals surface area (Å²) in [7, 11) is 0. The molecule has 116 valence electrons. The molecule has 0 radical (unpaired) electrons. The lowest BCUT2D eigenvalue weighted by Gasteiger charge is -2.20. The first-order chi connectivity index (χ1) is 10.3. The molecule has 0 saturated carbocycles. The van der Waals surface area contributed by atoms with E-state index in [1.807, 2.05) is 26.0 Å². The Kier molecular flexibility index (Phi) is 3.24. The topological polar surface area (TPSA) is 73.4 Å². The van der Waals surface area contributed by atoms with E-state index in [0.29, 0.717) is 18.5 Å². The summed E-state index contributed by atoms with van der Waals surface area (Å²) in [5.74, 6) is -0.940. The van der Waals surface area contributed by atoms with Crippen molar-refractivity contribution in [2.24, 2.45) is 5.41 Å². The molecule has 1 aliphatic rings. The lowest BCUT2D eigenvalue weighted by Crippen LogP contribution is -2.34. The van der Waals surface area contributed by atoms with E-state index < -0.39 is 11.4 Å². The van der Waals surface area contributed by atoms with Gasteiger partial charge in [-0.1, -0.05) is 12.1 Å². The van der Waals surface area contributed by atoms with E-state index >= 15 is 0 Å². The number of likely N-dealkylation sites (tertiary alicyclic amines) is 1. The molecule has 1 aliphatic heterocycles. The van der Waals surface area contributed by atoms with Crippen LogP contribution >= 0.6 is 0 Å². The van der Waals surface area contributed by atoms with Crippen molar-refractivity contribution in [1.82, 2.24) is 9.88 Å². The zero-order valence-corrected chi connectivity index (χ0v) is 13.1. The third kappa shape index (κ3) is 2.08. The number of carboxylic acid groups (broad SMARTS) is 1. The van der Waals surface area contributed by atoms with Crippen molar-refractivity contribution in [2.45, 2.75) is 27.2 Å². The molecule has 2 N–H and O–H groups in total. The van der Waals surface area contributed by atoms with Gasteiger partial charge in [0.25, 0.3) is 5.91 Å². The normalized spacial score (nSPS) is 21.5. The number of carbonyl (C=O) groups excluding carboxylic acids is 1. The quantitative estimate of drug-likeness (QED) is 0.895. The van der Waals surface area contributed by atoms with Gasteiger partial charge in [-0.25, -0.2) is 0 Å². The molecule has 1 aromatic heterocycles. The predicted molar refractivity (Wildman–Crippen MR) is 84.0 cm³/mol.